The van der Waals surface area contributed by atoms with Gasteiger partial charge in [-0.05, 0) is 24.3 Å². The summed E-state index contributed by atoms with van der Waals surface area (Å²) in [5.74, 6) is 1.92. The van der Waals surface area contributed by atoms with Gasteiger partial charge in [0.15, 0.2) is 12.8 Å². The highest BCUT2D eigenvalue weighted by Crippen LogP contribution is 2.29. The van der Waals surface area contributed by atoms with Gasteiger partial charge in [0.05, 0.1) is 12.9 Å². The number of rotatable bonds is 5. The van der Waals surface area contributed by atoms with E-state index in [1.54, 1.807) is 13.3 Å². The van der Waals surface area contributed by atoms with Crippen LogP contribution in [-0.4, -0.2) is 26.3 Å². The van der Waals surface area contributed by atoms with Crippen molar-refractivity contribution in [1.29, 1.82) is 0 Å². The first-order valence-corrected chi connectivity index (χ1v) is 7.75. The van der Waals surface area contributed by atoms with E-state index >= 15 is 0 Å². The van der Waals surface area contributed by atoms with Crippen molar-refractivity contribution in [3.05, 3.63) is 53.2 Å². The third-order valence-electron chi connectivity index (χ3n) is 3.67. The number of aliphatic imine (C=N–C) groups is 1. The van der Waals surface area contributed by atoms with Crippen molar-refractivity contribution < 1.29 is 18.3 Å². The lowest BCUT2D eigenvalue weighted by Crippen LogP contribution is -2.38. The topological polar surface area (TPSA) is 68.0 Å². The summed E-state index contributed by atoms with van der Waals surface area (Å²) in [4.78, 5) is 4.16. The maximum absolute atomic E-state index is 13.7. The van der Waals surface area contributed by atoms with Crippen molar-refractivity contribution in [3.8, 4) is 5.75 Å². The Hall–Kier alpha value is -2.54. The molecular formula is C17H20FN3O3. The predicted octanol–water partition coefficient (Wildman–Crippen LogP) is 2.19. The highest BCUT2D eigenvalue weighted by Gasteiger charge is 2.17. The Bertz CT molecular complexity index is 701. The maximum atomic E-state index is 13.7. The fourth-order valence-electron chi connectivity index (χ4n) is 2.55. The van der Waals surface area contributed by atoms with Crippen molar-refractivity contribution in [2.24, 2.45) is 4.99 Å². The van der Waals surface area contributed by atoms with E-state index < -0.39 is 0 Å². The number of furan rings is 1. The van der Waals surface area contributed by atoms with Crippen LogP contribution in [0.1, 0.15) is 16.9 Å². The number of hydrogen-bond donors (Lipinski definition) is 2. The Labute approximate surface area is 139 Å². The van der Waals surface area contributed by atoms with Crippen molar-refractivity contribution in [2.75, 3.05) is 20.4 Å². The largest absolute Gasteiger partial charge is 0.469 e. The van der Waals surface area contributed by atoms with Gasteiger partial charge in [-0.1, -0.05) is 0 Å². The van der Waals surface area contributed by atoms with Crippen LogP contribution in [0.15, 0.2) is 39.9 Å². The van der Waals surface area contributed by atoms with Gasteiger partial charge in [0.2, 0.25) is 0 Å². The summed E-state index contributed by atoms with van der Waals surface area (Å²) in [6.45, 7) is 1.62. The zero-order chi connectivity index (χ0) is 16.8. The van der Waals surface area contributed by atoms with Crippen LogP contribution in [0.3, 0.4) is 0 Å². The van der Waals surface area contributed by atoms with Gasteiger partial charge in [-0.25, -0.2) is 4.39 Å². The molecule has 2 aromatic rings. The molecule has 6 nitrogen and oxygen atoms in total. The first-order valence-electron chi connectivity index (χ1n) is 7.75. The molecule has 0 spiro atoms. The van der Waals surface area contributed by atoms with Gasteiger partial charge >= 0.3 is 0 Å². The number of hydrogen-bond acceptors (Lipinski definition) is 4. The minimum atomic E-state index is -0.305. The van der Waals surface area contributed by atoms with Crippen LogP contribution in [0.4, 0.5) is 4.39 Å². The molecule has 0 aliphatic carbocycles. The van der Waals surface area contributed by atoms with Gasteiger partial charge in [-0.2, -0.15) is 0 Å². The number of nitrogens with one attached hydrogen (secondary N) is 2. The molecule has 1 aliphatic rings. The van der Waals surface area contributed by atoms with E-state index in [1.807, 2.05) is 12.1 Å². The third kappa shape index (κ3) is 4.05. The number of halogens is 1. The second-order valence-corrected chi connectivity index (χ2v) is 5.35. The molecule has 0 saturated carbocycles. The molecular weight excluding hydrogens is 313 g/mol. The quantitative estimate of drug-likeness (QED) is 0.648. The van der Waals surface area contributed by atoms with Crippen molar-refractivity contribution >= 4 is 5.96 Å². The summed E-state index contributed by atoms with van der Waals surface area (Å²) < 4.78 is 29.7. The zero-order valence-electron chi connectivity index (χ0n) is 13.5. The fraction of sp³-hybridized carbons (Fsp3) is 0.353. The smallest absolute Gasteiger partial charge is 0.191 e. The lowest BCUT2D eigenvalue weighted by Gasteiger charge is -2.21. The second-order valence-electron chi connectivity index (χ2n) is 5.35. The monoisotopic (exact) mass is 333 g/mol. The van der Waals surface area contributed by atoms with E-state index in [0.29, 0.717) is 31.4 Å². The second kappa shape index (κ2) is 7.83. The van der Waals surface area contributed by atoms with E-state index in [1.165, 1.54) is 12.1 Å². The lowest BCUT2D eigenvalue weighted by molar-refractivity contribution is -0.0172. The first-order chi connectivity index (χ1) is 11.8. The SMILES string of the molecule is CN=C(NCCc1ccco1)NCc1cc(F)cc2c1OCOC2. The van der Waals surface area contributed by atoms with Crippen LogP contribution in [-0.2, 0) is 24.3 Å². The van der Waals surface area contributed by atoms with Crippen LogP contribution in [0.25, 0.3) is 0 Å². The molecule has 2 N–H and O–H groups in total. The van der Waals surface area contributed by atoms with E-state index in [0.717, 1.165) is 23.3 Å². The summed E-state index contributed by atoms with van der Waals surface area (Å²) >= 11 is 0. The molecule has 24 heavy (non-hydrogen) atoms. The lowest BCUT2D eigenvalue weighted by atomic mass is 10.1. The Morgan fingerprint density at radius 3 is 3.04 bits per heavy atom. The summed E-state index contributed by atoms with van der Waals surface area (Å²) in [5, 5.41) is 6.36. The highest BCUT2D eigenvalue weighted by atomic mass is 19.1. The summed E-state index contributed by atoms with van der Waals surface area (Å²) in [7, 11) is 1.69. The van der Waals surface area contributed by atoms with Crippen LogP contribution >= 0.6 is 0 Å². The molecule has 1 aliphatic heterocycles. The van der Waals surface area contributed by atoms with Gasteiger partial charge in [0.1, 0.15) is 17.3 Å². The Morgan fingerprint density at radius 1 is 1.33 bits per heavy atom. The molecule has 0 fully saturated rings. The highest BCUT2D eigenvalue weighted by molar-refractivity contribution is 5.79. The Kier molecular flexibility index (Phi) is 5.32. The van der Waals surface area contributed by atoms with Crippen LogP contribution in [0.5, 0.6) is 5.75 Å². The zero-order valence-corrected chi connectivity index (χ0v) is 13.5. The summed E-state index contributed by atoms with van der Waals surface area (Å²) in [5.41, 5.74) is 1.46. The van der Waals surface area contributed by atoms with E-state index in [9.17, 15) is 4.39 Å². The Balaban J connectivity index is 1.56. The minimum absolute atomic E-state index is 0.182. The molecule has 0 amide bonds. The fourth-order valence-corrected chi connectivity index (χ4v) is 2.55. The summed E-state index contributed by atoms with van der Waals surface area (Å²) in [6, 6.07) is 6.69. The van der Waals surface area contributed by atoms with E-state index in [2.05, 4.69) is 15.6 Å². The molecule has 3 rings (SSSR count). The average Bonchev–Trinajstić information content (AvgIpc) is 3.11. The molecule has 1 aromatic heterocycles. The van der Waals surface area contributed by atoms with Crippen LogP contribution in [0.2, 0.25) is 0 Å². The van der Waals surface area contributed by atoms with Gasteiger partial charge < -0.3 is 24.5 Å². The van der Waals surface area contributed by atoms with Crippen LogP contribution < -0.4 is 15.4 Å². The normalized spacial score (nSPS) is 14.0. The number of nitrogens with zero attached hydrogens (tertiary/aromatic N) is 1. The number of fused-ring (bicyclic) bond motifs is 1. The molecule has 0 radical (unpaired) electrons. The molecule has 0 unspecified atom stereocenters. The van der Waals surface area contributed by atoms with Gasteiger partial charge in [0, 0.05) is 37.7 Å². The van der Waals surface area contributed by atoms with Crippen LogP contribution in [0, 0.1) is 5.82 Å². The molecule has 7 heteroatoms. The van der Waals surface area contributed by atoms with E-state index in [-0.39, 0.29) is 12.6 Å². The van der Waals surface area contributed by atoms with Gasteiger partial charge in [-0.15, -0.1) is 0 Å². The third-order valence-corrected chi connectivity index (χ3v) is 3.67. The van der Waals surface area contributed by atoms with Crippen molar-refractivity contribution in [3.63, 3.8) is 0 Å². The first kappa shape index (κ1) is 16.3. The van der Waals surface area contributed by atoms with Crippen molar-refractivity contribution in [1.82, 2.24) is 10.6 Å². The maximum Gasteiger partial charge on any atom is 0.191 e. The molecule has 0 bridgehead atoms. The number of ether oxygens (including phenoxy) is 2. The minimum Gasteiger partial charge on any atom is -0.469 e. The molecule has 0 atom stereocenters. The molecule has 1 aromatic carbocycles. The predicted molar refractivity (Wildman–Crippen MR) is 87.3 cm³/mol. The Morgan fingerprint density at radius 2 is 2.25 bits per heavy atom. The van der Waals surface area contributed by atoms with Gasteiger partial charge in [-0.3, -0.25) is 4.99 Å². The van der Waals surface area contributed by atoms with Crippen molar-refractivity contribution in [2.45, 2.75) is 19.6 Å². The molecule has 2 heterocycles. The molecule has 128 valence electrons. The standard InChI is InChI=1S/C17H20FN3O3/c1-19-17(20-5-4-15-3-2-6-23-15)21-9-12-7-14(18)8-13-10-22-11-24-16(12)13/h2-3,6-8H,4-5,9-11H2,1H3,(H2,19,20,21). The van der Waals surface area contributed by atoms with Gasteiger partial charge in [0.25, 0.3) is 0 Å². The molecule has 0 saturated heterocycles. The number of guanidine groups is 1. The number of benzene rings is 1. The van der Waals surface area contributed by atoms with E-state index in [4.69, 9.17) is 13.9 Å². The average molecular weight is 333 g/mol. The summed E-state index contributed by atoms with van der Waals surface area (Å²) in [6.07, 6.45) is 2.41.